The van der Waals surface area contributed by atoms with Crippen molar-refractivity contribution >= 4 is 27.5 Å². The number of halogens is 5. The van der Waals surface area contributed by atoms with E-state index in [1.165, 1.54) is 0 Å². The molecule has 1 rings (SSSR count). The Morgan fingerprint density at radius 2 is 2.06 bits per heavy atom. The van der Waals surface area contributed by atoms with Crippen LogP contribution in [0, 0.1) is 0 Å². The van der Waals surface area contributed by atoms with Crippen LogP contribution in [0.5, 0.6) is 0 Å². The van der Waals surface area contributed by atoms with E-state index in [1.54, 1.807) is 19.2 Å². The average molecular weight is 345 g/mol. The van der Waals surface area contributed by atoms with Gasteiger partial charge in [0.15, 0.2) is 0 Å². The lowest BCUT2D eigenvalue weighted by atomic mass is 10.0. The van der Waals surface area contributed by atoms with Gasteiger partial charge in [-0.2, -0.15) is 13.2 Å². The largest absolute Gasteiger partial charge is 0.389 e. The number of hydrogen-bond acceptors (Lipinski definition) is 1. The standard InChI is InChI=1S/C12H14BrClF3N/c1-18-11(3-2-6-12(15,16)17)9-7-8(13)4-5-10(9)14/h4-5,7,11,18H,2-3,6H2,1H3. The van der Waals surface area contributed by atoms with Crippen LogP contribution < -0.4 is 5.32 Å². The SMILES string of the molecule is CNC(CCCC(F)(F)F)c1cc(Br)ccc1Cl. The number of benzene rings is 1. The maximum Gasteiger partial charge on any atom is 0.389 e. The first-order chi connectivity index (χ1) is 8.33. The van der Waals surface area contributed by atoms with Gasteiger partial charge >= 0.3 is 6.18 Å². The van der Waals surface area contributed by atoms with Gasteiger partial charge < -0.3 is 5.32 Å². The molecule has 1 aromatic rings. The fourth-order valence-electron chi connectivity index (χ4n) is 1.74. The molecule has 0 saturated carbocycles. The molecule has 0 saturated heterocycles. The van der Waals surface area contributed by atoms with Crippen LogP contribution in [0.4, 0.5) is 13.2 Å². The summed E-state index contributed by atoms with van der Waals surface area (Å²) >= 11 is 9.38. The van der Waals surface area contributed by atoms with Crippen LogP contribution >= 0.6 is 27.5 Å². The number of nitrogens with one attached hydrogen (secondary N) is 1. The van der Waals surface area contributed by atoms with Crippen LogP contribution in [0.1, 0.15) is 30.9 Å². The predicted octanol–water partition coefficient (Wildman–Crippen LogP) is 5.10. The summed E-state index contributed by atoms with van der Waals surface area (Å²) in [5.74, 6) is 0. The zero-order valence-corrected chi connectivity index (χ0v) is 12.2. The Balaban J connectivity index is 2.68. The van der Waals surface area contributed by atoms with E-state index >= 15 is 0 Å². The minimum atomic E-state index is -4.10. The number of rotatable bonds is 5. The molecule has 0 aliphatic rings. The molecule has 0 amide bonds. The topological polar surface area (TPSA) is 12.0 Å². The lowest BCUT2D eigenvalue weighted by molar-refractivity contribution is -0.135. The highest BCUT2D eigenvalue weighted by molar-refractivity contribution is 9.10. The van der Waals surface area contributed by atoms with E-state index in [0.717, 1.165) is 10.0 Å². The van der Waals surface area contributed by atoms with Gasteiger partial charge in [-0.05, 0) is 43.7 Å². The minimum Gasteiger partial charge on any atom is -0.313 e. The summed E-state index contributed by atoms with van der Waals surface area (Å²) in [4.78, 5) is 0. The molecule has 1 N–H and O–H groups in total. The molecule has 1 unspecified atom stereocenters. The molecular formula is C12H14BrClF3N. The van der Waals surface area contributed by atoms with Crippen molar-refractivity contribution in [3.63, 3.8) is 0 Å². The zero-order valence-electron chi connectivity index (χ0n) is 9.82. The van der Waals surface area contributed by atoms with Gasteiger partial charge in [-0.25, -0.2) is 0 Å². The van der Waals surface area contributed by atoms with Crippen LogP contribution in [0.25, 0.3) is 0 Å². The molecule has 6 heteroatoms. The maximum absolute atomic E-state index is 12.1. The van der Waals surface area contributed by atoms with Crippen molar-refractivity contribution in [2.24, 2.45) is 0 Å². The molecule has 1 aromatic carbocycles. The van der Waals surface area contributed by atoms with Gasteiger partial charge in [0.2, 0.25) is 0 Å². The first kappa shape index (κ1) is 15.8. The van der Waals surface area contributed by atoms with Crippen LogP contribution in [-0.2, 0) is 0 Å². The number of alkyl halides is 3. The molecule has 102 valence electrons. The quantitative estimate of drug-likeness (QED) is 0.784. The van der Waals surface area contributed by atoms with E-state index in [1.807, 2.05) is 6.07 Å². The van der Waals surface area contributed by atoms with Crippen molar-refractivity contribution in [2.45, 2.75) is 31.5 Å². The van der Waals surface area contributed by atoms with Gasteiger partial charge in [0.05, 0.1) is 0 Å². The Labute approximate surface area is 118 Å². The first-order valence-electron chi connectivity index (χ1n) is 5.52. The Morgan fingerprint density at radius 3 is 2.61 bits per heavy atom. The second kappa shape index (κ2) is 6.78. The highest BCUT2D eigenvalue weighted by Gasteiger charge is 2.27. The molecule has 0 aromatic heterocycles. The molecule has 1 nitrogen and oxygen atoms in total. The summed E-state index contributed by atoms with van der Waals surface area (Å²) in [5, 5.41) is 3.56. The van der Waals surface area contributed by atoms with E-state index in [0.29, 0.717) is 11.4 Å². The molecule has 1 atom stereocenters. The Hall–Kier alpha value is -0.260. The molecule has 0 fully saturated rings. The van der Waals surface area contributed by atoms with Gasteiger partial charge in [0.1, 0.15) is 0 Å². The Morgan fingerprint density at radius 1 is 1.39 bits per heavy atom. The van der Waals surface area contributed by atoms with Crippen molar-refractivity contribution in [1.82, 2.24) is 5.32 Å². The zero-order chi connectivity index (χ0) is 13.8. The van der Waals surface area contributed by atoms with Gasteiger partial charge in [0, 0.05) is 22.0 Å². The first-order valence-corrected chi connectivity index (χ1v) is 6.69. The van der Waals surface area contributed by atoms with E-state index < -0.39 is 12.6 Å². The maximum atomic E-state index is 12.1. The van der Waals surface area contributed by atoms with Crippen LogP contribution in [-0.4, -0.2) is 13.2 Å². The van der Waals surface area contributed by atoms with Gasteiger partial charge in [-0.1, -0.05) is 27.5 Å². The third kappa shape index (κ3) is 5.16. The fraction of sp³-hybridized carbons (Fsp3) is 0.500. The van der Waals surface area contributed by atoms with Crippen LogP contribution in [0.3, 0.4) is 0 Å². The molecule has 0 heterocycles. The van der Waals surface area contributed by atoms with Crippen molar-refractivity contribution in [2.75, 3.05) is 7.05 Å². The lowest BCUT2D eigenvalue weighted by Gasteiger charge is -2.18. The molecule has 0 aliphatic heterocycles. The van der Waals surface area contributed by atoms with E-state index in [2.05, 4.69) is 21.2 Å². The van der Waals surface area contributed by atoms with E-state index in [9.17, 15) is 13.2 Å². The summed E-state index contributed by atoms with van der Waals surface area (Å²) < 4.78 is 37.2. The smallest absolute Gasteiger partial charge is 0.313 e. The summed E-state index contributed by atoms with van der Waals surface area (Å²) in [6.07, 6.45) is -4.39. The fourth-order valence-corrected chi connectivity index (χ4v) is 2.37. The normalized spacial score (nSPS) is 13.7. The van der Waals surface area contributed by atoms with Crippen LogP contribution in [0.15, 0.2) is 22.7 Å². The lowest BCUT2D eigenvalue weighted by Crippen LogP contribution is -2.18. The van der Waals surface area contributed by atoms with Gasteiger partial charge in [-0.15, -0.1) is 0 Å². The average Bonchev–Trinajstić information content (AvgIpc) is 2.27. The van der Waals surface area contributed by atoms with Crippen molar-refractivity contribution in [3.8, 4) is 0 Å². The third-order valence-corrected chi connectivity index (χ3v) is 3.47. The predicted molar refractivity (Wildman–Crippen MR) is 70.9 cm³/mol. The van der Waals surface area contributed by atoms with E-state index in [-0.39, 0.29) is 12.5 Å². The van der Waals surface area contributed by atoms with Gasteiger partial charge in [-0.3, -0.25) is 0 Å². The summed E-state index contributed by atoms with van der Waals surface area (Å²) in [7, 11) is 1.72. The van der Waals surface area contributed by atoms with Gasteiger partial charge in [0.25, 0.3) is 0 Å². The Kier molecular flexibility index (Phi) is 5.95. The molecular weight excluding hydrogens is 330 g/mol. The molecule has 0 spiro atoms. The molecule has 0 aliphatic carbocycles. The molecule has 0 radical (unpaired) electrons. The highest BCUT2D eigenvalue weighted by atomic mass is 79.9. The molecule has 18 heavy (non-hydrogen) atoms. The monoisotopic (exact) mass is 343 g/mol. The van der Waals surface area contributed by atoms with E-state index in [4.69, 9.17) is 11.6 Å². The Bertz CT molecular complexity index is 395. The molecule has 0 bridgehead atoms. The van der Waals surface area contributed by atoms with Crippen molar-refractivity contribution in [1.29, 1.82) is 0 Å². The van der Waals surface area contributed by atoms with Crippen LogP contribution in [0.2, 0.25) is 5.02 Å². The third-order valence-electron chi connectivity index (χ3n) is 2.63. The highest BCUT2D eigenvalue weighted by Crippen LogP contribution is 2.31. The summed E-state index contributed by atoms with van der Waals surface area (Å²) in [6.45, 7) is 0. The van der Waals surface area contributed by atoms with Crippen molar-refractivity contribution < 1.29 is 13.2 Å². The second-order valence-electron chi connectivity index (χ2n) is 4.01. The summed E-state index contributed by atoms with van der Waals surface area (Å²) in [5.41, 5.74) is 0.815. The second-order valence-corrected chi connectivity index (χ2v) is 5.34. The summed E-state index contributed by atoms with van der Waals surface area (Å²) in [6, 6.07) is 5.19. The minimum absolute atomic E-state index is 0.0812. The number of hydrogen-bond donors (Lipinski definition) is 1. The van der Waals surface area contributed by atoms with Crippen molar-refractivity contribution in [3.05, 3.63) is 33.3 Å².